The number of rotatable bonds is 2. The molecule has 0 saturated heterocycles. The number of benzene rings is 2. The second-order valence-corrected chi connectivity index (χ2v) is 49.8. The molecule has 0 unspecified atom stereocenters. The van der Waals surface area contributed by atoms with Crippen LogP contribution in [-0.2, 0) is 17.9 Å². The first-order valence-electron chi connectivity index (χ1n) is 9.10. The van der Waals surface area contributed by atoms with Gasteiger partial charge in [-0.3, -0.25) is 0 Å². The molecule has 0 bridgehead atoms. The van der Waals surface area contributed by atoms with Crippen LogP contribution in [0.4, 0.5) is 0 Å². The molecule has 0 spiro atoms. The Bertz CT molecular complexity index is 1070. The minimum absolute atomic E-state index is 1.08. The quantitative estimate of drug-likeness (QED) is 0.544. The maximum atomic E-state index is 2.62. The van der Waals surface area contributed by atoms with Crippen molar-refractivity contribution >= 4 is 11.5 Å². The van der Waals surface area contributed by atoms with E-state index in [1.165, 1.54) is 16.7 Å². The van der Waals surface area contributed by atoms with Gasteiger partial charge in [0.2, 0.25) is 0 Å². The standard InChI is InChI=1S/C13H9.C5H5.4CH3.H2Si.Ti/c1-3-7-12-10(5-1)9-11-6-2-4-8-13(11)12;1-2-4-5-3-1;;;;;;/h1-5,7-8H,9H2;1-3H,4H2;4*1H3;1H2;. The topological polar surface area (TPSA) is 0 Å². The van der Waals surface area contributed by atoms with E-state index in [1.807, 2.05) is 0 Å². The van der Waals surface area contributed by atoms with Crippen molar-refractivity contribution in [3.63, 3.8) is 0 Å². The second-order valence-electron chi connectivity index (χ2n) is 11.9. The van der Waals surface area contributed by atoms with Gasteiger partial charge in [-0.2, -0.15) is 0 Å². The molecule has 2 aliphatic rings. The van der Waals surface area contributed by atoms with Crippen LogP contribution in [0.15, 0.2) is 64.6 Å². The van der Waals surface area contributed by atoms with Crippen molar-refractivity contribution in [2.24, 2.45) is 0 Å². The zero-order valence-corrected chi connectivity index (χ0v) is 18.4. The Kier molecular flexibility index (Phi) is 2.60. The van der Waals surface area contributed by atoms with Crippen molar-refractivity contribution in [1.82, 2.24) is 0 Å². The third kappa shape index (κ3) is 2.08. The first kappa shape index (κ1) is 16.3. The van der Waals surface area contributed by atoms with Crippen LogP contribution in [0.2, 0.25) is 20.9 Å². The fourth-order valence-electron chi connectivity index (χ4n) is 4.96. The van der Waals surface area contributed by atoms with Crippen LogP contribution >= 0.6 is 0 Å². The van der Waals surface area contributed by atoms with Gasteiger partial charge in [-0.15, -0.1) is 0 Å². The molecule has 0 heterocycles. The Labute approximate surface area is 143 Å². The molecule has 4 rings (SSSR count). The zero-order valence-electron chi connectivity index (χ0n) is 15.4. The molecule has 2 aliphatic carbocycles. The van der Waals surface area contributed by atoms with Gasteiger partial charge in [0, 0.05) is 0 Å². The summed E-state index contributed by atoms with van der Waals surface area (Å²) in [6, 6.07) is 16.0. The van der Waals surface area contributed by atoms with E-state index >= 15 is 0 Å². The molecule has 0 atom stereocenters. The summed E-state index contributed by atoms with van der Waals surface area (Å²) in [4.78, 5) is 0. The van der Waals surface area contributed by atoms with Crippen LogP contribution in [0.5, 0.6) is 0 Å². The number of hydrogen-bond acceptors (Lipinski definition) is 0. The Hall–Kier alpha value is -1.15. The predicted molar refractivity (Wildman–Crippen MR) is 108 cm³/mol. The van der Waals surface area contributed by atoms with Crippen LogP contribution in [-0.4, -0.2) is 7.63 Å². The molecule has 0 aromatic heterocycles. The average Bonchev–Trinajstić information content (AvgIpc) is 3.14. The molecule has 0 amide bonds. The van der Waals surface area contributed by atoms with Crippen molar-refractivity contribution in [2.75, 3.05) is 0 Å². The fraction of sp³-hybridized carbons (Fsp3) is 0.273. The normalized spacial score (nSPS) is 20.3. The summed E-state index contributed by atoms with van der Waals surface area (Å²) in [6.07, 6.45) is 9.17. The van der Waals surface area contributed by atoms with E-state index in [4.69, 9.17) is 0 Å². The molecule has 2 aromatic rings. The van der Waals surface area contributed by atoms with Crippen LogP contribution in [0.1, 0.15) is 17.5 Å². The summed E-state index contributed by atoms with van der Waals surface area (Å²) in [7, 11) is 2.33. The first-order valence-corrected chi connectivity index (χ1v) is 20.9. The van der Waals surface area contributed by atoms with Crippen LogP contribution in [0, 0.1) is 0 Å². The monoisotopic (exact) mass is 368 g/mol. The summed E-state index contributed by atoms with van der Waals surface area (Å²) in [5.74, 6) is 0. The first-order chi connectivity index (χ1) is 10.9. The number of fused-ring (bicyclic) bond motifs is 3. The van der Waals surface area contributed by atoms with Gasteiger partial charge in [-0.1, -0.05) is 0 Å². The van der Waals surface area contributed by atoms with Gasteiger partial charge in [-0.05, 0) is 0 Å². The molecule has 0 aliphatic heterocycles. The third-order valence-electron chi connectivity index (χ3n) is 6.70. The van der Waals surface area contributed by atoms with Gasteiger partial charge in [-0.25, -0.2) is 0 Å². The Morgan fingerprint density at radius 2 is 1.58 bits per heavy atom. The second kappa shape index (κ2) is 3.82. The Morgan fingerprint density at radius 3 is 2.29 bits per heavy atom. The van der Waals surface area contributed by atoms with Crippen LogP contribution in [0.25, 0.3) is 11.1 Å². The average molecular weight is 368 g/mol. The molecular formula is C22H28SiTi. The van der Waals surface area contributed by atoms with Crippen LogP contribution in [0.3, 0.4) is 0 Å². The zero-order chi connectivity index (χ0) is 17.3. The molecule has 2 heteroatoms. The molecule has 0 saturated carbocycles. The maximum absolute atomic E-state index is 4.02. The fourth-order valence-corrected chi connectivity index (χ4v) is 15.6. The van der Waals surface area contributed by atoms with E-state index in [1.54, 1.807) is 13.3 Å². The van der Waals surface area contributed by atoms with E-state index in [-0.39, 0.29) is 0 Å². The van der Waals surface area contributed by atoms with E-state index in [9.17, 15) is 0 Å². The SMILES string of the molecule is [CH3][Ti]([CH3])([CH3])([CH3])(=[SiH2])([C]1=CC=CC1)[c]1cccc2c1Cc1ccccc1-2. The van der Waals surface area contributed by atoms with E-state index < -0.39 is 11.5 Å². The van der Waals surface area contributed by atoms with Gasteiger partial charge in [0.05, 0.1) is 0 Å². The molecular weight excluding hydrogens is 340 g/mol. The number of allylic oxidation sites excluding steroid dienone is 4. The Balaban J connectivity index is 2.09. The van der Waals surface area contributed by atoms with E-state index in [2.05, 4.69) is 89.2 Å². The molecule has 0 fully saturated rings. The Morgan fingerprint density at radius 1 is 0.875 bits per heavy atom. The van der Waals surface area contributed by atoms with Crippen molar-refractivity contribution in [2.45, 2.75) is 33.8 Å². The van der Waals surface area contributed by atoms with Crippen LogP contribution < -0.4 is 3.87 Å². The van der Waals surface area contributed by atoms with E-state index in [0.717, 1.165) is 12.8 Å². The molecule has 0 nitrogen and oxygen atoms in total. The van der Waals surface area contributed by atoms with Gasteiger partial charge >= 0.3 is 144 Å². The summed E-state index contributed by atoms with van der Waals surface area (Å²) in [6.45, 7) is 0. The molecule has 0 radical (unpaired) electrons. The van der Waals surface area contributed by atoms with Crippen molar-refractivity contribution in [1.29, 1.82) is 0 Å². The summed E-state index contributed by atoms with van der Waals surface area (Å²) in [5.41, 5.74) is 5.95. The predicted octanol–water partition coefficient (Wildman–Crippen LogP) is 5.23. The van der Waals surface area contributed by atoms with Gasteiger partial charge in [0.1, 0.15) is 0 Å². The number of hydrogen-bond donors (Lipinski definition) is 0. The van der Waals surface area contributed by atoms with Crippen molar-refractivity contribution in [3.05, 3.63) is 75.7 Å². The minimum atomic E-state index is -4.02. The summed E-state index contributed by atoms with van der Waals surface area (Å²) >= 11 is -4.02. The molecule has 2 aromatic carbocycles. The van der Waals surface area contributed by atoms with Gasteiger partial charge in [0.15, 0.2) is 0 Å². The summed E-state index contributed by atoms with van der Waals surface area (Å²) < 4.78 is 3.30. The van der Waals surface area contributed by atoms with E-state index in [0.29, 0.717) is 0 Å². The molecule has 124 valence electrons. The summed E-state index contributed by atoms with van der Waals surface area (Å²) in [5, 5.41) is 10.5. The van der Waals surface area contributed by atoms with Gasteiger partial charge in [0.25, 0.3) is 0 Å². The molecule has 24 heavy (non-hydrogen) atoms. The van der Waals surface area contributed by atoms with Crippen molar-refractivity contribution in [3.8, 4) is 11.1 Å². The van der Waals surface area contributed by atoms with Gasteiger partial charge < -0.3 is 0 Å². The third-order valence-corrected chi connectivity index (χ3v) is 21.1. The molecule has 0 N–H and O–H groups in total. The van der Waals surface area contributed by atoms with Crippen molar-refractivity contribution < 1.29 is 11.5 Å².